The third-order valence-electron chi connectivity index (χ3n) is 6.47. The maximum Gasteiger partial charge on any atom is 0.229 e. The lowest BCUT2D eigenvalue weighted by molar-refractivity contribution is -0.122. The minimum absolute atomic E-state index is 0.00553. The van der Waals surface area contributed by atoms with Gasteiger partial charge in [0, 0.05) is 56.2 Å². The van der Waals surface area contributed by atoms with Gasteiger partial charge in [-0.1, -0.05) is 26.0 Å². The summed E-state index contributed by atoms with van der Waals surface area (Å²) >= 11 is 0. The number of aryl methyl sites for hydroxylation is 1. The zero-order valence-corrected chi connectivity index (χ0v) is 18.5. The summed E-state index contributed by atoms with van der Waals surface area (Å²) in [5, 5.41) is 3.00. The van der Waals surface area contributed by atoms with Crippen LogP contribution < -0.4 is 15.1 Å². The highest BCUT2D eigenvalue weighted by molar-refractivity contribution is 6.03. The van der Waals surface area contributed by atoms with Crippen molar-refractivity contribution in [2.24, 2.45) is 5.92 Å². The first-order valence-electron chi connectivity index (χ1n) is 11.3. The summed E-state index contributed by atoms with van der Waals surface area (Å²) in [5.41, 5.74) is 4.07. The largest absolute Gasteiger partial charge is 0.369 e. The van der Waals surface area contributed by atoms with Gasteiger partial charge in [0.1, 0.15) is 0 Å². The summed E-state index contributed by atoms with van der Waals surface area (Å²) in [7, 11) is 0. The van der Waals surface area contributed by atoms with E-state index < -0.39 is 0 Å². The first-order valence-corrected chi connectivity index (χ1v) is 11.3. The molecule has 0 radical (unpaired) electrons. The molecule has 1 N–H and O–H groups in total. The van der Waals surface area contributed by atoms with E-state index in [1.807, 2.05) is 36.4 Å². The summed E-state index contributed by atoms with van der Waals surface area (Å²) in [6, 6.07) is 16.1. The smallest absolute Gasteiger partial charge is 0.229 e. The molecule has 1 atom stereocenters. The second-order valence-electron chi connectivity index (χ2n) is 8.38. The summed E-state index contributed by atoms with van der Waals surface area (Å²) in [6.45, 7) is 10.1. The van der Waals surface area contributed by atoms with Crippen molar-refractivity contribution >= 4 is 28.9 Å². The topological polar surface area (TPSA) is 55.9 Å². The Morgan fingerprint density at radius 3 is 2.19 bits per heavy atom. The van der Waals surface area contributed by atoms with E-state index in [2.05, 4.69) is 41.1 Å². The average Bonchev–Trinajstić information content (AvgIpc) is 3.21. The highest BCUT2D eigenvalue weighted by Gasteiger charge is 2.35. The van der Waals surface area contributed by atoms with Gasteiger partial charge >= 0.3 is 0 Å². The van der Waals surface area contributed by atoms with Crippen molar-refractivity contribution in [3.05, 3.63) is 54.1 Å². The molecule has 0 bridgehead atoms. The predicted octanol–water partition coefficient (Wildman–Crippen LogP) is 3.38. The molecule has 31 heavy (non-hydrogen) atoms. The molecule has 2 saturated heterocycles. The number of piperazine rings is 1. The molecule has 2 heterocycles. The Morgan fingerprint density at radius 1 is 0.935 bits per heavy atom. The molecule has 2 fully saturated rings. The van der Waals surface area contributed by atoms with Crippen molar-refractivity contribution < 1.29 is 9.59 Å². The number of carbonyl (C=O) groups excluding carboxylic acids is 2. The van der Waals surface area contributed by atoms with E-state index in [9.17, 15) is 9.59 Å². The number of anilines is 3. The number of hydrogen-bond donors (Lipinski definition) is 1. The summed E-state index contributed by atoms with van der Waals surface area (Å²) < 4.78 is 0. The van der Waals surface area contributed by atoms with Gasteiger partial charge in [0.25, 0.3) is 0 Å². The van der Waals surface area contributed by atoms with E-state index >= 15 is 0 Å². The minimum Gasteiger partial charge on any atom is -0.369 e. The van der Waals surface area contributed by atoms with Crippen LogP contribution >= 0.6 is 0 Å². The molecule has 0 aliphatic carbocycles. The SMILES string of the molecule is CCc1ccc(N2C[C@@H](C(=O)Nc3ccc(N4CCN(CC)CC4)cc3)CC2=O)cc1. The third-order valence-corrected chi connectivity index (χ3v) is 6.47. The normalized spacial score (nSPS) is 19.7. The second kappa shape index (κ2) is 9.52. The van der Waals surface area contributed by atoms with Crippen LogP contribution in [-0.4, -0.2) is 56.0 Å². The molecule has 2 aromatic carbocycles. The fraction of sp³-hybridized carbons (Fsp3) is 0.440. The van der Waals surface area contributed by atoms with E-state index in [4.69, 9.17) is 0 Å². The summed E-state index contributed by atoms with van der Waals surface area (Å²) in [6.07, 6.45) is 1.22. The first-order chi connectivity index (χ1) is 15.1. The Hall–Kier alpha value is -2.86. The van der Waals surface area contributed by atoms with Crippen LogP contribution in [0.1, 0.15) is 25.8 Å². The van der Waals surface area contributed by atoms with Crippen LogP contribution in [0.25, 0.3) is 0 Å². The van der Waals surface area contributed by atoms with Crippen LogP contribution in [-0.2, 0) is 16.0 Å². The Balaban J connectivity index is 1.33. The van der Waals surface area contributed by atoms with Gasteiger partial charge in [-0.05, 0) is 54.9 Å². The van der Waals surface area contributed by atoms with Crippen LogP contribution in [0.5, 0.6) is 0 Å². The van der Waals surface area contributed by atoms with Gasteiger partial charge in [-0.3, -0.25) is 9.59 Å². The number of rotatable bonds is 6. The molecule has 2 aromatic rings. The second-order valence-corrected chi connectivity index (χ2v) is 8.38. The highest BCUT2D eigenvalue weighted by atomic mass is 16.2. The number of carbonyl (C=O) groups is 2. The molecule has 0 unspecified atom stereocenters. The molecule has 164 valence electrons. The van der Waals surface area contributed by atoms with Crippen LogP contribution in [0, 0.1) is 5.92 Å². The monoisotopic (exact) mass is 420 g/mol. The molecule has 2 amide bonds. The standard InChI is InChI=1S/C25H32N4O2/c1-3-19-5-9-23(10-6-19)29-18-20(17-24(29)30)25(31)26-21-7-11-22(12-8-21)28-15-13-27(4-2)14-16-28/h5-12,20H,3-4,13-18H2,1-2H3,(H,26,31)/t20-/m0/s1. The average molecular weight is 421 g/mol. The number of hydrogen-bond acceptors (Lipinski definition) is 4. The van der Waals surface area contributed by atoms with E-state index in [1.54, 1.807) is 4.90 Å². The predicted molar refractivity (Wildman–Crippen MR) is 126 cm³/mol. The fourth-order valence-corrected chi connectivity index (χ4v) is 4.37. The highest BCUT2D eigenvalue weighted by Crippen LogP contribution is 2.27. The quantitative estimate of drug-likeness (QED) is 0.778. The van der Waals surface area contributed by atoms with Crippen molar-refractivity contribution in [1.29, 1.82) is 0 Å². The summed E-state index contributed by atoms with van der Waals surface area (Å²) in [4.78, 5) is 31.8. The molecule has 0 aromatic heterocycles. The van der Waals surface area contributed by atoms with E-state index in [0.29, 0.717) is 6.54 Å². The molecule has 6 heteroatoms. The third kappa shape index (κ3) is 4.90. The lowest BCUT2D eigenvalue weighted by Gasteiger charge is -2.35. The molecule has 2 aliphatic heterocycles. The van der Waals surface area contributed by atoms with Crippen LogP contribution in [0.15, 0.2) is 48.5 Å². The van der Waals surface area contributed by atoms with Gasteiger partial charge in [-0.25, -0.2) is 0 Å². The van der Waals surface area contributed by atoms with Gasteiger partial charge in [0.15, 0.2) is 0 Å². The van der Waals surface area contributed by atoms with Crippen molar-refractivity contribution in [3.63, 3.8) is 0 Å². The Morgan fingerprint density at radius 2 is 1.58 bits per heavy atom. The molecule has 0 saturated carbocycles. The summed E-state index contributed by atoms with van der Waals surface area (Å²) in [5.74, 6) is -0.420. The number of nitrogens with one attached hydrogen (secondary N) is 1. The maximum absolute atomic E-state index is 12.8. The van der Waals surface area contributed by atoms with E-state index in [0.717, 1.165) is 50.5 Å². The fourth-order valence-electron chi connectivity index (χ4n) is 4.37. The number of nitrogens with zero attached hydrogens (tertiary/aromatic N) is 3. The minimum atomic E-state index is -0.333. The Labute approximate surface area is 184 Å². The Bertz CT molecular complexity index is 902. The van der Waals surface area contributed by atoms with E-state index in [1.165, 1.54) is 11.3 Å². The lowest BCUT2D eigenvalue weighted by Crippen LogP contribution is -2.46. The van der Waals surface area contributed by atoms with Crippen LogP contribution in [0.2, 0.25) is 0 Å². The van der Waals surface area contributed by atoms with Crippen molar-refractivity contribution in [3.8, 4) is 0 Å². The van der Waals surface area contributed by atoms with Crippen LogP contribution in [0.3, 0.4) is 0 Å². The molecule has 0 spiro atoms. The van der Waals surface area contributed by atoms with Crippen LogP contribution in [0.4, 0.5) is 17.1 Å². The zero-order chi connectivity index (χ0) is 21.8. The molecule has 4 rings (SSSR count). The number of amides is 2. The molecular weight excluding hydrogens is 388 g/mol. The Kier molecular flexibility index (Phi) is 6.56. The molecule has 2 aliphatic rings. The first kappa shape index (κ1) is 21.4. The van der Waals surface area contributed by atoms with Gasteiger partial charge < -0.3 is 20.0 Å². The molecule has 6 nitrogen and oxygen atoms in total. The van der Waals surface area contributed by atoms with Gasteiger partial charge in [-0.15, -0.1) is 0 Å². The zero-order valence-electron chi connectivity index (χ0n) is 18.5. The van der Waals surface area contributed by atoms with Crippen molar-refractivity contribution in [2.75, 3.05) is 54.4 Å². The van der Waals surface area contributed by atoms with Crippen molar-refractivity contribution in [1.82, 2.24) is 4.90 Å². The van der Waals surface area contributed by atoms with Crippen molar-refractivity contribution in [2.45, 2.75) is 26.7 Å². The number of likely N-dealkylation sites (N-methyl/N-ethyl adjacent to an activating group) is 1. The van der Waals surface area contributed by atoms with Gasteiger partial charge in [0.05, 0.1) is 5.92 Å². The molecular formula is C25H32N4O2. The number of benzene rings is 2. The van der Waals surface area contributed by atoms with Gasteiger partial charge in [0.2, 0.25) is 11.8 Å². The van der Waals surface area contributed by atoms with E-state index in [-0.39, 0.29) is 24.2 Å². The lowest BCUT2D eigenvalue weighted by atomic mass is 10.1. The van der Waals surface area contributed by atoms with Gasteiger partial charge in [-0.2, -0.15) is 0 Å². The maximum atomic E-state index is 12.8.